The van der Waals surface area contributed by atoms with Gasteiger partial charge in [0.25, 0.3) is 5.91 Å². The summed E-state index contributed by atoms with van der Waals surface area (Å²) in [6, 6.07) is 4.91. The zero-order chi connectivity index (χ0) is 23.8. The van der Waals surface area contributed by atoms with Crippen molar-refractivity contribution in [3.05, 3.63) is 30.1 Å². The van der Waals surface area contributed by atoms with Crippen LogP contribution in [0.15, 0.2) is 24.5 Å². The van der Waals surface area contributed by atoms with Crippen LogP contribution in [-0.2, 0) is 9.53 Å². The van der Waals surface area contributed by atoms with E-state index in [1.54, 1.807) is 11.9 Å². The first-order valence-corrected chi connectivity index (χ1v) is 10.4. The minimum absolute atomic E-state index is 0.131. The highest BCUT2D eigenvalue weighted by molar-refractivity contribution is 5.92. The van der Waals surface area contributed by atoms with E-state index >= 15 is 0 Å². The summed E-state index contributed by atoms with van der Waals surface area (Å²) in [4.78, 5) is 24.2. The first kappa shape index (κ1) is 23.1. The highest BCUT2D eigenvalue weighted by atomic mass is 19.4. The highest BCUT2D eigenvalue weighted by Gasteiger charge is 2.48. The van der Waals surface area contributed by atoms with E-state index in [0.717, 1.165) is 0 Å². The van der Waals surface area contributed by atoms with Gasteiger partial charge in [0.05, 0.1) is 30.9 Å². The van der Waals surface area contributed by atoms with Crippen LogP contribution < -0.4 is 10.2 Å². The van der Waals surface area contributed by atoms with Gasteiger partial charge in [0.1, 0.15) is 22.8 Å². The molecule has 2 saturated heterocycles. The van der Waals surface area contributed by atoms with Crippen LogP contribution in [0.5, 0.6) is 0 Å². The molecule has 12 heteroatoms. The van der Waals surface area contributed by atoms with Crippen molar-refractivity contribution in [1.29, 1.82) is 5.26 Å². The number of rotatable bonds is 4. The number of morpholine rings is 1. The number of halogens is 4. The fraction of sp³-hybridized carbons (Fsp3) is 0.524. The van der Waals surface area contributed by atoms with Gasteiger partial charge in [0.15, 0.2) is 12.2 Å². The Hall–Kier alpha value is -3.04. The average molecular weight is 466 g/mol. The minimum atomic E-state index is -4.72. The third-order valence-corrected chi connectivity index (χ3v) is 5.90. The van der Waals surface area contributed by atoms with Gasteiger partial charge in [-0.3, -0.25) is 14.8 Å². The number of nitriles is 1. The molecule has 2 aliphatic heterocycles. The Bertz CT molecular complexity index is 1090. The van der Waals surface area contributed by atoms with Gasteiger partial charge >= 0.3 is 6.18 Å². The van der Waals surface area contributed by atoms with Crippen molar-refractivity contribution in [3.63, 3.8) is 0 Å². The molecule has 4 rings (SSSR count). The molecule has 0 radical (unpaired) electrons. The number of fused-ring (bicyclic) bond motifs is 1. The van der Waals surface area contributed by atoms with Gasteiger partial charge in [0, 0.05) is 25.5 Å². The van der Waals surface area contributed by atoms with Crippen molar-refractivity contribution < 1.29 is 27.1 Å². The number of nitrogens with one attached hydrogen (secondary N) is 1. The van der Waals surface area contributed by atoms with E-state index in [0.29, 0.717) is 12.2 Å². The van der Waals surface area contributed by atoms with Crippen LogP contribution in [0.1, 0.15) is 12.0 Å². The fourth-order valence-electron chi connectivity index (χ4n) is 4.21. The summed E-state index contributed by atoms with van der Waals surface area (Å²) in [6.07, 6.45) is -5.45. The molecule has 0 spiro atoms. The predicted octanol–water partition coefficient (Wildman–Crippen LogP) is 1.80. The van der Waals surface area contributed by atoms with Crippen LogP contribution in [0.3, 0.4) is 0 Å². The summed E-state index contributed by atoms with van der Waals surface area (Å²) in [6.45, 7) is -0.412. The number of hydrogen-bond acceptors (Lipinski definition) is 7. The molecule has 0 bridgehead atoms. The lowest BCUT2D eigenvalue weighted by Gasteiger charge is -2.39. The quantitative estimate of drug-likeness (QED) is 0.687. The van der Waals surface area contributed by atoms with Crippen LogP contribution >= 0.6 is 0 Å². The number of benzene rings is 1. The van der Waals surface area contributed by atoms with Crippen molar-refractivity contribution in [3.8, 4) is 6.07 Å². The van der Waals surface area contributed by atoms with Crippen molar-refractivity contribution in [2.24, 2.45) is 0 Å². The van der Waals surface area contributed by atoms with Crippen LogP contribution in [0.4, 0.5) is 23.2 Å². The summed E-state index contributed by atoms with van der Waals surface area (Å²) in [5.74, 6) is -0.815. The predicted molar refractivity (Wildman–Crippen MR) is 110 cm³/mol. The molecule has 1 N–H and O–H groups in total. The van der Waals surface area contributed by atoms with Crippen LogP contribution in [0.2, 0.25) is 0 Å². The summed E-state index contributed by atoms with van der Waals surface area (Å²) in [7, 11) is 1.75. The van der Waals surface area contributed by atoms with Crippen molar-refractivity contribution in [2.45, 2.75) is 30.5 Å². The summed E-state index contributed by atoms with van der Waals surface area (Å²) in [5.41, 5.74) is -0.618. The Kier molecular flexibility index (Phi) is 6.11. The zero-order valence-electron chi connectivity index (χ0n) is 17.8. The maximum Gasteiger partial charge on any atom is 0.416 e. The number of alkyl halides is 4. The molecule has 1 aromatic carbocycles. The largest absolute Gasteiger partial charge is 0.416 e. The smallest absolute Gasteiger partial charge is 0.364 e. The standard InChI is InChI=1S/C21H22F4N6O2/c1-30-7-4-20(22,12-30)11-29-19(32)15-9-31(10-16(33-15)21(23,24)25)14-3-2-13(8-26)17-18(14)28-6-5-27-17/h2-3,5-6,15-16H,4,7,9-12H2,1H3,(H,29,32)/t15-,16+,20+/m1/s1. The number of nitrogens with zero attached hydrogens (tertiary/aromatic N) is 5. The summed E-state index contributed by atoms with van der Waals surface area (Å²) >= 11 is 0. The molecule has 3 heterocycles. The van der Waals surface area contributed by atoms with E-state index in [-0.39, 0.29) is 42.7 Å². The van der Waals surface area contributed by atoms with E-state index in [2.05, 4.69) is 15.3 Å². The normalized spacial score (nSPS) is 26.4. The molecule has 33 heavy (non-hydrogen) atoms. The van der Waals surface area contributed by atoms with Crippen LogP contribution in [-0.4, -0.2) is 84.6 Å². The van der Waals surface area contributed by atoms with E-state index in [9.17, 15) is 27.6 Å². The van der Waals surface area contributed by atoms with Crippen molar-refractivity contribution in [2.75, 3.05) is 44.7 Å². The summed E-state index contributed by atoms with van der Waals surface area (Å²) in [5, 5.41) is 11.7. The van der Waals surface area contributed by atoms with Gasteiger partial charge in [-0.1, -0.05) is 0 Å². The highest BCUT2D eigenvalue weighted by Crippen LogP contribution is 2.33. The number of carbonyl (C=O) groups excluding carboxylic acids is 1. The average Bonchev–Trinajstić information content (AvgIpc) is 3.14. The molecule has 8 nitrogen and oxygen atoms in total. The molecule has 1 amide bonds. The second kappa shape index (κ2) is 8.72. The second-order valence-electron chi connectivity index (χ2n) is 8.41. The van der Waals surface area contributed by atoms with Crippen LogP contribution in [0.25, 0.3) is 11.0 Å². The van der Waals surface area contributed by atoms with Gasteiger partial charge in [-0.15, -0.1) is 0 Å². The lowest BCUT2D eigenvalue weighted by atomic mass is 10.1. The maximum absolute atomic E-state index is 14.8. The topological polar surface area (TPSA) is 94.4 Å². The Labute approximate surface area is 187 Å². The fourth-order valence-corrected chi connectivity index (χ4v) is 4.21. The lowest BCUT2D eigenvalue weighted by molar-refractivity contribution is -0.234. The number of ether oxygens (including phenoxy) is 1. The third-order valence-electron chi connectivity index (χ3n) is 5.90. The molecule has 0 aliphatic carbocycles. The number of anilines is 1. The Morgan fingerprint density at radius 2 is 2.03 bits per heavy atom. The molecule has 2 fully saturated rings. The zero-order valence-corrected chi connectivity index (χ0v) is 17.8. The number of aromatic nitrogens is 2. The number of likely N-dealkylation sites (tertiary alicyclic amines) is 1. The molecule has 176 valence electrons. The molecule has 2 aliphatic rings. The third kappa shape index (κ3) is 4.84. The Morgan fingerprint density at radius 1 is 1.30 bits per heavy atom. The van der Waals surface area contributed by atoms with Gasteiger partial charge in [-0.2, -0.15) is 18.4 Å². The molecule has 0 unspecified atom stereocenters. The number of hydrogen-bond donors (Lipinski definition) is 1. The van der Waals surface area contributed by atoms with Gasteiger partial charge < -0.3 is 19.9 Å². The van der Waals surface area contributed by atoms with E-state index < -0.39 is 36.5 Å². The van der Waals surface area contributed by atoms with E-state index in [1.807, 2.05) is 6.07 Å². The van der Waals surface area contributed by atoms with E-state index in [1.165, 1.54) is 29.4 Å². The first-order valence-electron chi connectivity index (χ1n) is 10.4. The monoisotopic (exact) mass is 466 g/mol. The minimum Gasteiger partial charge on any atom is -0.364 e. The number of amides is 1. The van der Waals surface area contributed by atoms with Gasteiger partial charge in [-0.25, -0.2) is 4.39 Å². The maximum atomic E-state index is 14.8. The molecular weight excluding hydrogens is 444 g/mol. The summed E-state index contributed by atoms with van der Waals surface area (Å²) < 4.78 is 60.8. The van der Waals surface area contributed by atoms with Crippen molar-refractivity contribution in [1.82, 2.24) is 20.2 Å². The van der Waals surface area contributed by atoms with Gasteiger partial charge in [0.2, 0.25) is 0 Å². The molecular formula is C21H22F4N6O2. The van der Waals surface area contributed by atoms with Crippen molar-refractivity contribution >= 4 is 22.6 Å². The molecule has 1 aromatic heterocycles. The Morgan fingerprint density at radius 3 is 2.67 bits per heavy atom. The number of carbonyl (C=O) groups is 1. The molecule has 0 saturated carbocycles. The molecule has 3 atom stereocenters. The first-order chi connectivity index (χ1) is 15.6. The van der Waals surface area contributed by atoms with Crippen LogP contribution in [0, 0.1) is 11.3 Å². The van der Waals surface area contributed by atoms with Gasteiger partial charge in [-0.05, 0) is 25.6 Å². The van der Waals surface area contributed by atoms with E-state index in [4.69, 9.17) is 4.74 Å². The molecule has 2 aromatic rings. The Balaban J connectivity index is 1.59. The lowest BCUT2D eigenvalue weighted by Crippen LogP contribution is -2.58. The second-order valence-corrected chi connectivity index (χ2v) is 8.41. The SMILES string of the molecule is CN1CC[C@](F)(CNC(=O)[C@H]2CN(c3ccc(C#N)c4nccnc34)C[C@@H](C(F)(F)F)O2)C1.